The van der Waals surface area contributed by atoms with Crippen LogP contribution < -0.4 is 0 Å². The molecule has 1 heterocycles. The van der Waals surface area contributed by atoms with Gasteiger partial charge in [-0.3, -0.25) is 4.98 Å². The zero-order valence-electron chi connectivity index (χ0n) is 15.1. The highest BCUT2D eigenvalue weighted by molar-refractivity contribution is 5.87. The fraction of sp³-hybridized carbons (Fsp3) is 0.217. The Morgan fingerprint density at radius 1 is 0.962 bits per heavy atom. The number of pyridine rings is 1. The molecule has 0 aliphatic heterocycles. The summed E-state index contributed by atoms with van der Waals surface area (Å²) < 4.78 is 0. The van der Waals surface area contributed by atoms with Crippen molar-refractivity contribution in [3.63, 3.8) is 0 Å². The van der Waals surface area contributed by atoms with Gasteiger partial charge in [0.1, 0.15) is 0 Å². The van der Waals surface area contributed by atoms with Gasteiger partial charge in [0.25, 0.3) is 0 Å². The molecule has 132 valence electrons. The largest absolute Gasteiger partial charge is 0.478 e. The Kier molecular flexibility index (Phi) is 5.47. The molecule has 0 atom stereocenters. The molecule has 1 N–H and O–H groups in total. The molecule has 0 radical (unpaired) electrons. The van der Waals surface area contributed by atoms with Gasteiger partial charge in [-0.15, -0.1) is 0 Å². The average Bonchev–Trinajstić information content (AvgIpc) is 2.67. The van der Waals surface area contributed by atoms with Gasteiger partial charge in [-0.25, -0.2) is 4.79 Å². The Morgan fingerprint density at radius 3 is 2.38 bits per heavy atom. The van der Waals surface area contributed by atoms with E-state index in [0.717, 1.165) is 35.4 Å². The Labute approximate surface area is 154 Å². The van der Waals surface area contributed by atoms with E-state index < -0.39 is 5.97 Å². The molecule has 0 spiro atoms. The first kappa shape index (κ1) is 17.9. The summed E-state index contributed by atoms with van der Waals surface area (Å²) in [6.07, 6.45) is 1.55. The Morgan fingerprint density at radius 2 is 1.69 bits per heavy atom. The minimum absolute atomic E-state index is 0.328. The smallest absolute Gasteiger partial charge is 0.335 e. The Hall–Kier alpha value is -2.94. The monoisotopic (exact) mass is 345 g/mol. The first-order valence-electron chi connectivity index (χ1n) is 8.91. The van der Waals surface area contributed by atoms with Crippen LogP contribution in [0.25, 0.3) is 11.3 Å². The number of aromatic nitrogens is 1. The van der Waals surface area contributed by atoms with Crippen molar-refractivity contribution in [2.45, 2.75) is 32.6 Å². The third kappa shape index (κ3) is 4.37. The summed E-state index contributed by atoms with van der Waals surface area (Å²) in [5.41, 5.74) is 5.76. The van der Waals surface area contributed by atoms with Crippen LogP contribution in [-0.2, 0) is 12.8 Å². The molecule has 0 aliphatic carbocycles. The normalized spacial score (nSPS) is 10.9. The van der Waals surface area contributed by atoms with Crippen molar-refractivity contribution in [1.82, 2.24) is 4.98 Å². The second-order valence-corrected chi connectivity index (χ2v) is 6.80. The van der Waals surface area contributed by atoms with Gasteiger partial charge in [-0.1, -0.05) is 56.3 Å². The van der Waals surface area contributed by atoms with Crippen LogP contribution >= 0.6 is 0 Å². The molecule has 0 fully saturated rings. The summed E-state index contributed by atoms with van der Waals surface area (Å²) >= 11 is 0. The molecular weight excluding hydrogens is 322 g/mol. The van der Waals surface area contributed by atoms with E-state index >= 15 is 0 Å². The van der Waals surface area contributed by atoms with E-state index in [1.54, 1.807) is 18.2 Å². The number of benzene rings is 2. The van der Waals surface area contributed by atoms with Crippen molar-refractivity contribution in [2.75, 3.05) is 0 Å². The molecule has 3 rings (SSSR count). The maximum absolute atomic E-state index is 11.1. The summed E-state index contributed by atoms with van der Waals surface area (Å²) in [7, 11) is 0. The number of hydrogen-bond donors (Lipinski definition) is 1. The standard InChI is InChI=1S/C23H23NO2/c1-16(2)18-10-12-19(13-11-18)22-8-4-7-21(24-22)14-9-17-5-3-6-20(15-17)23(25)26/h3-8,10-13,15-16H,9,14H2,1-2H3,(H,25,26). The van der Waals surface area contributed by atoms with Crippen LogP contribution in [0.15, 0.2) is 66.7 Å². The number of rotatable bonds is 6. The molecule has 0 saturated carbocycles. The van der Waals surface area contributed by atoms with Crippen molar-refractivity contribution < 1.29 is 9.90 Å². The molecule has 2 aromatic carbocycles. The number of carbonyl (C=O) groups is 1. The third-order valence-electron chi connectivity index (χ3n) is 4.52. The van der Waals surface area contributed by atoms with Gasteiger partial charge < -0.3 is 5.11 Å². The second kappa shape index (κ2) is 7.96. The van der Waals surface area contributed by atoms with Crippen molar-refractivity contribution in [3.05, 3.63) is 89.1 Å². The van der Waals surface area contributed by atoms with E-state index in [-0.39, 0.29) is 0 Å². The summed E-state index contributed by atoms with van der Waals surface area (Å²) in [6.45, 7) is 4.38. The summed E-state index contributed by atoms with van der Waals surface area (Å²) in [5, 5.41) is 9.10. The number of carboxylic acids is 1. The van der Waals surface area contributed by atoms with E-state index in [0.29, 0.717) is 11.5 Å². The predicted molar refractivity (Wildman–Crippen MR) is 105 cm³/mol. The highest BCUT2D eigenvalue weighted by Crippen LogP contribution is 2.21. The van der Waals surface area contributed by atoms with Crippen LogP contribution in [0.3, 0.4) is 0 Å². The fourth-order valence-electron chi connectivity index (χ4n) is 2.95. The van der Waals surface area contributed by atoms with E-state index in [9.17, 15) is 4.79 Å². The molecule has 3 aromatic rings. The molecule has 3 nitrogen and oxygen atoms in total. The lowest BCUT2D eigenvalue weighted by Crippen LogP contribution is -1.99. The van der Waals surface area contributed by atoms with Gasteiger partial charge in [0, 0.05) is 11.3 Å². The number of aromatic carboxylic acids is 1. The zero-order valence-corrected chi connectivity index (χ0v) is 15.1. The molecular formula is C23H23NO2. The maximum Gasteiger partial charge on any atom is 0.335 e. The highest BCUT2D eigenvalue weighted by atomic mass is 16.4. The van der Waals surface area contributed by atoms with Gasteiger partial charge in [-0.05, 0) is 54.2 Å². The number of nitrogens with zero attached hydrogens (tertiary/aromatic N) is 1. The highest BCUT2D eigenvalue weighted by Gasteiger charge is 2.06. The lowest BCUT2D eigenvalue weighted by molar-refractivity contribution is 0.0696. The molecule has 26 heavy (non-hydrogen) atoms. The molecule has 3 heteroatoms. The number of aryl methyl sites for hydroxylation is 2. The van der Waals surface area contributed by atoms with E-state index in [1.165, 1.54) is 5.56 Å². The second-order valence-electron chi connectivity index (χ2n) is 6.80. The maximum atomic E-state index is 11.1. The van der Waals surface area contributed by atoms with Gasteiger partial charge in [0.05, 0.1) is 11.3 Å². The molecule has 0 amide bonds. The van der Waals surface area contributed by atoms with Crippen molar-refractivity contribution in [1.29, 1.82) is 0 Å². The van der Waals surface area contributed by atoms with Gasteiger partial charge >= 0.3 is 5.97 Å². The van der Waals surface area contributed by atoms with Gasteiger partial charge in [-0.2, -0.15) is 0 Å². The minimum atomic E-state index is -0.892. The molecule has 1 aromatic heterocycles. The van der Waals surface area contributed by atoms with Crippen molar-refractivity contribution >= 4 is 5.97 Å². The van der Waals surface area contributed by atoms with Crippen molar-refractivity contribution in [2.24, 2.45) is 0 Å². The predicted octanol–water partition coefficient (Wildman–Crippen LogP) is 5.36. The molecule has 0 aliphatic rings. The Bertz CT molecular complexity index is 898. The van der Waals surface area contributed by atoms with Crippen LogP contribution in [0.5, 0.6) is 0 Å². The van der Waals surface area contributed by atoms with Crippen LogP contribution in [-0.4, -0.2) is 16.1 Å². The first-order valence-corrected chi connectivity index (χ1v) is 8.91. The van der Waals surface area contributed by atoms with Gasteiger partial charge in [0.15, 0.2) is 0 Å². The lowest BCUT2D eigenvalue weighted by Gasteiger charge is -2.08. The van der Waals surface area contributed by atoms with E-state index in [2.05, 4.69) is 38.1 Å². The van der Waals surface area contributed by atoms with E-state index in [4.69, 9.17) is 10.1 Å². The summed E-state index contributed by atoms with van der Waals surface area (Å²) in [6, 6.07) is 21.7. The van der Waals surface area contributed by atoms with Crippen LogP contribution in [0.1, 0.15) is 46.9 Å². The Balaban J connectivity index is 1.73. The quantitative estimate of drug-likeness (QED) is 0.654. The minimum Gasteiger partial charge on any atom is -0.478 e. The van der Waals surface area contributed by atoms with Gasteiger partial charge in [0.2, 0.25) is 0 Å². The van der Waals surface area contributed by atoms with E-state index in [1.807, 2.05) is 24.3 Å². The number of hydrogen-bond acceptors (Lipinski definition) is 2. The topological polar surface area (TPSA) is 50.2 Å². The van der Waals surface area contributed by atoms with Crippen LogP contribution in [0.4, 0.5) is 0 Å². The molecule has 0 unspecified atom stereocenters. The molecule has 0 saturated heterocycles. The lowest BCUT2D eigenvalue weighted by atomic mass is 10.0. The summed E-state index contributed by atoms with van der Waals surface area (Å²) in [4.78, 5) is 15.9. The zero-order chi connectivity index (χ0) is 18.5. The van der Waals surface area contributed by atoms with Crippen molar-refractivity contribution in [3.8, 4) is 11.3 Å². The average molecular weight is 345 g/mol. The van der Waals surface area contributed by atoms with Crippen LogP contribution in [0.2, 0.25) is 0 Å². The fourth-order valence-corrected chi connectivity index (χ4v) is 2.95. The SMILES string of the molecule is CC(C)c1ccc(-c2cccc(CCc3cccc(C(=O)O)c3)n2)cc1. The third-order valence-corrected chi connectivity index (χ3v) is 4.52. The summed E-state index contributed by atoms with van der Waals surface area (Å²) in [5.74, 6) is -0.373. The number of carboxylic acid groups (broad SMARTS) is 1. The van der Waals surface area contributed by atoms with Crippen LogP contribution in [0, 0.1) is 0 Å². The first-order chi connectivity index (χ1) is 12.5. The molecule has 0 bridgehead atoms.